The van der Waals surface area contributed by atoms with Crippen LogP contribution >= 0.6 is 0 Å². The normalized spacial score (nSPS) is 31.6. The Morgan fingerprint density at radius 2 is 1.85 bits per heavy atom. The topological polar surface area (TPSA) is 20.2 Å². The van der Waals surface area contributed by atoms with Gasteiger partial charge in [0.2, 0.25) is 0 Å². The van der Waals surface area contributed by atoms with Crippen LogP contribution in [0.1, 0.15) is 52.4 Å². The Labute approximate surface area is 82.5 Å². The maximum Gasteiger partial charge on any atom is 0.0433 e. The van der Waals surface area contributed by atoms with Crippen LogP contribution in [0.15, 0.2) is 0 Å². The highest BCUT2D eigenvalue weighted by Gasteiger charge is 2.23. The van der Waals surface area contributed by atoms with Crippen molar-refractivity contribution in [1.29, 1.82) is 0 Å². The van der Waals surface area contributed by atoms with E-state index < -0.39 is 0 Å². The molecule has 1 nitrogen and oxygen atoms in total. The van der Waals surface area contributed by atoms with Crippen molar-refractivity contribution >= 4 is 0 Å². The summed E-state index contributed by atoms with van der Waals surface area (Å²) >= 11 is 0. The molecule has 1 atom stereocenters. The van der Waals surface area contributed by atoms with E-state index in [0.717, 1.165) is 24.2 Å². The largest absolute Gasteiger partial charge is 0.396 e. The predicted octanol–water partition coefficient (Wildman–Crippen LogP) is 3.22. The van der Waals surface area contributed by atoms with Crippen LogP contribution < -0.4 is 0 Å². The van der Waals surface area contributed by atoms with Crippen LogP contribution in [-0.4, -0.2) is 11.7 Å². The van der Waals surface area contributed by atoms with Crippen LogP contribution in [0.2, 0.25) is 0 Å². The van der Waals surface area contributed by atoms with Gasteiger partial charge in [0.25, 0.3) is 0 Å². The highest BCUT2D eigenvalue weighted by Crippen LogP contribution is 2.35. The maximum atomic E-state index is 8.84. The van der Waals surface area contributed by atoms with Crippen molar-refractivity contribution in [3.05, 3.63) is 0 Å². The highest BCUT2D eigenvalue weighted by molar-refractivity contribution is 4.75. The molecule has 0 aromatic rings. The number of hydrogen-bond donors (Lipinski definition) is 1. The first kappa shape index (κ1) is 11.0. The summed E-state index contributed by atoms with van der Waals surface area (Å²) in [5.74, 6) is 2.71. The fraction of sp³-hybridized carbons (Fsp3) is 1.00. The molecular formula is C12H24O. The summed E-state index contributed by atoms with van der Waals surface area (Å²) in [6.07, 6.45) is 7.88. The van der Waals surface area contributed by atoms with Gasteiger partial charge in [-0.05, 0) is 37.0 Å². The second-order valence-electron chi connectivity index (χ2n) is 4.68. The first-order valence-corrected chi connectivity index (χ1v) is 5.88. The van der Waals surface area contributed by atoms with Crippen LogP contribution in [0.25, 0.3) is 0 Å². The first-order valence-electron chi connectivity index (χ1n) is 5.88. The minimum absolute atomic E-state index is 0.388. The Morgan fingerprint density at radius 1 is 1.23 bits per heavy atom. The molecule has 0 radical (unpaired) electrons. The third-order valence-electron chi connectivity index (χ3n) is 3.88. The van der Waals surface area contributed by atoms with Gasteiger partial charge in [0, 0.05) is 6.61 Å². The molecule has 0 aliphatic heterocycles. The van der Waals surface area contributed by atoms with Crippen LogP contribution in [-0.2, 0) is 0 Å². The molecule has 0 bridgehead atoms. The van der Waals surface area contributed by atoms with Gasteiger partial charge in [0.05, 0.1) is 0 Å². The molecule has 1 N–H and O–H groups in total. The molecule has 1 aliphatic rings. The summed E-state index contributed by atoms with van der Waals surface area (Å²) < 4.78 is 0. The molecule has 1 saturated carbocycles. The molecule has 0 aromatic heterocycles. The van der Waals surface area contributed by atoms with Crippen molar-refractivity contribution in [2.75, 3.05) is 6.61 Å². The second-order valence-corrected chi connectivity index (χ2v) is 4.68. The molecule has 0 aromatic carbocycles. The molecule has 0 spiro atoms. The Bertz CT molecular complexity index is 125. The Kier molecular flexibility index (Phi) is 4.79. The lowest BCUT2D eigenvalue weighted by Crippen LogP contribution is -2.20. The van der Waals surface area contributed by atoms with Gasteiger partial charge < -0.3 is 5.11 Å². The van der Waals surface area contributed by atoms with Crippen molar-refractivity contribution in [2.24, 2.45) is 17.8 Å². The van der Waals surface area contributed by atoms with Gasteiger partial charge in [-0.25, -0.2) is 0 Å². The lowest BCUT2D eigenvalue weighted by molar-refractivity contribution is 0.176. The Balaban J connectivity index is 2.22. The summed E-state index contributed by atoms with van der Waals surface area (Å²) in [5, 5.41) is 8.84. The van der Waals surface area contributed by atoms with Crippen molar-refractivity contribution in [1.82, 2.24) is 0 Å². The fourth-order valence-electron chi connectivity index (χ4n) is 2.56. The minimum atomic E-state index is 0.388. The van der Waals surface area contributed by atoms with Crippen LogP contribution in [0.5, 0.6) is 0 Å². The smallest absolute Gasteiger partial charge is 0.0433 e. The lowest BCUT2D eigenvalue weighted by Gasteiger charge is -2.31. The van der Waals surface area contributed by atoms with E-state index in [1.807, 2.05) is 0 Å². The highest BCUT2D eigenvalue weighted by atomic mass is 16.3. The molecule has 1 rings (SSSR count). The standard InChI is InChI=1S/C12H24O/c1-3-10(2)12-6-4-11(5-7-12)8-9-13/h10-13H,3-9H2,1-2H3. The van der Waals surface area contributed by atoms with Crippen LogP contribution in [0.4, 0.5) is 0 Å². The first-order chi connectivity index (χ1) is 6.27. The molecule has 13 heavy (non-hydrogen) atoms. The Morgan fingerprint density at radius 3 is 2.31 bits per heavy atom. The van der Waals surface area contributed by atoms with Gasteiger partial charge in [0.1, 0.15) is 0 Å². The van der Waals surface area contributed by atoms with Crippen molar-refractivity contribution in [2.45, 2.75) is 52.4 Å². The maximum absolute atomic E-state index is 8.84. The zero-order chi connectivity index (χ0) is 9.68. The lowest BCUT2D eigenvalue weighted by atomic mass is 9.75. The predicted molar refractivity (Wildman–Crippen MR) is 56.6 cm³/mol. The van der Waals surface area contributed by atoms with E-state index in [0.29, 0.717) is 6.61 Å². The van der Waals surface area contributed by atoms with Gasteiger partial charge in [-0.2, -0.15) is 0 Å². The van der Waals surface area contributed by atoms with Gasteiger partial charge in [-0.3, -0.25) is 0 Å². The second kappa shape index (κ2) is 5.64. The molecule has 0 heterocycles. The van der Waals surface area contributed by atoms with Crippen LogP contribution in [0, 0.1) is 17.8 Å². The molecule has 78 valence electrons. The quantitative estimate of drug-likeness (QED) is 0.711. The fourth-order valence-corrected chi connectivity index (χ4v) is 2.56. The number of aliphatic hydroxyl groups is 1. The average Bonchev–Trinajstić information content (AvgIpc) is 2.18. The van der Waals surface area contributed by atoms with E-state index in [9.17, 15) is 0 Å². The van der Waals surface area contributed by atoms with Crippen LogP contribution in [0.3, 0.4) is 0 Å². The van der Waals surface area contributed by atoms with E-state index in [4.69, 9.17) is 5.11 Å². The molecule has 1 fully saturated rings. The zero-order valence-electron chi connectivity index (χ0n) is 9.13. The third-order valence-corrected chi connectivity index (χ3v) is 3.88. The van der Waals surface area contributed by atoms with E-state index in [2.05, 4.69) is 13.8 Å². The molecular weight excluding hydrogens is 160 g/mol. The molecule has 1 unspecified atom stereocenters. The summed E-state index contributed by atoms with van der Waals surface area (Å²) in [7, 11) is 0. The van der Waals surface area contributed by atoms with E-state index >= 15 is 0 Å². The molecule has 0 amide bonds. The zero-order valence-corrected chi connectivity index (χ0v) is 9.13. The Hall–Kier alpha value is -0.0400. The van der Waals surface area contributed by atoms with Crippen molar-refractivity contribution < 1.29 is 5.11 Å². The summed E-state index contributed by atoms with van der Waals surface area (Å²) in [6, 6.07) is 0. The van der Waals surface area contributed by atoms with Gasteiger partial charge in [-0.15, -0.1) is 0 Å². The summed E-state index contributed by atoms with van der Waals surface area (Å²) in [4.78, 5) is 0. The third kappa shape index (κ3) is 3.30. The van der Waals surface area contributed by atoms with Gasteiger partial charge in [0.15, 0.2) is 0 Å². The van der Waals surface area contributed by atoms with Crippen molar-refractivity contribution in [3.8, 4) is 0 Å². The van der Waals surface area contributed by atoms with E-state index in [1.165, 1.54) is 32.1 Å². The SMILES string of the molecule is CCC(C)C1CCC(CCO)CC1. The monoisotopic (exact) mass is 184 g/mol. The van der Waals surface area contributed by atoms with Gasteiger partial charge in [-0.1, -0.05) is 33.1 Å². The van der Waals surface area contributed by atoms with Crippen molar-refractivity contribution in [3.63, 3.8) is 0 Å². The summed E-state index contributed by atoms with van der Waals surface area (Å²) in [6.45, 7) is 5.07. The summed E-state index contributed by atoms with van der Waals surface area (Å²) in [5.41, 5.74) is 0. The minimum Gasteiger partial charge on any atom is -0.396 e. The van der Waals surface area contributed by atoms with E-state index in [-0.39, 0.29) is 0 Å². The number of aliphatic hydroxyl groups excluding tert-OH is 1. The number of rotatable bonds is 4. The molecule has 1 heteroatoms. The van der Waals surface area contributed by atoms with E-state index in [1.54, 1.807) is 0 Å². The average molecular weight is 184 g/mol. The molecule has 0 saturated heterocycles. The van der Waals surface area contributed by atoms with Gasteiger partial charge >= 0.3 is 0 Å². The molecule has 1 aliphatic carbocycles. The number of hydrogen-bond acceptors (Lipinski definition) is 1.